The summed E-state index contributed by atoms with van der Waals surface area (Å²) in [6.07, 6.45) is 0.645. The highest BCUT2D eigenvalue weighted by atomic mass is 32.1. The van der Waals surface area contributed by atoms with Crippen LogP contribution in [0.4, 0.5) is 4.39 Å². The Morgan fingerprint density at radius 2 is 2.24 bits per heavy atom. The van der Waals surface area contributed by atoms with Crippen LogP contribution in [0.5, 0.6) is 0 Å². The highest BCUT2D eigenvalue weighted by Gasteiger charge is 2.17. The van der Waals surface area contributed by atoms with Crippen molar-refractivity contribution >= 4 is 17.3 Å². The average Bonchev–Trinajstić information content (AvgIpc) is 2.80. The van der Waals surface area contributed by atoms with Gasteiger partial charge in [-0.15, -0.1) is 5.10 Å². The number of nitrogens with zero attached hydrogens (tertiary/aromatic N) is 2. The molecule has 1 aromatic carbocycles. The van der Waals surface area contributed by atoms with Gasteiger partial charge in [-0.05, 0) is 36.5 Å². The highest BCUT2D eigenvalue weighted by Crippen LogP contribution is 2.18. The van der Waals surface area contributed by atoms with E-state index in [1.165, 1.54) is 6.07 Å². The zero-order valence-electron chi connectivity index (χ0n) is 9.53. The molecule has 0 radical (unpaired) electrons. The summed E-state index contributed by atoms with van der Waals surface area (Å²) in [6, 6.07) is 4.49. The zero-order valence-corrected chi connectivity index (χ0v) is 10.3. The van der Waals surface area contributed by atoms with Gasteiger partial charge >= 0.3 is 0 Å². The smallest absolute Gasteiger partial charge is 0.206 e. The van der Waals surface area contributed by atoms with E-state index in [-0.39, 0.29) is 11.6 Å². The van der Waals surface area contributed by atoms with Crippen LogP contribution in [0.25, 0.3) is 0 Å². The van der Waals surface area contributed by atoms with Crippen molar-refractivity contribution in [1.82, 2.24) is 9.59 Å². The summed E-state index contributed by atoms with van der Waals surface area (Å²) in [5.74, 6) is -0.581. The number of ketones is 1. The highest BCUT2D eigenvalue weighted by molar-refractivity contribution is 7.08. The number of hydrogen-bond donors (Lipinski definition) is 0. The number of carbonyl (C=O) groups excluding carboxylic acids is 1. The number of rotatable bonds is 3. The Bertz CT molecular complexity index is 565. The molecule has 1 aromatic heterocycles. The fraction of sp³-hybridized carbons (Fsp3) is 0.250. The Labute approximate surface area is 102 Å². The number of hydrogen-bond acceptors (Lipinski definition) is 4. The third-order valence-electron chi connectivity index (χ3n) is 2.53. The molecule has 0 aliphatic rings. The van der Waals surface area contributed by atoms with Crippen LogP contribution in [0.2, 0.25) is 0 Å². The third kappa shape index (κ3) is 2.24. The number of aryl methyl sites for hydroxylation is 2. The van der Waals surface area contributed by atoms with E-state index >= 15 is 0 Å². The van der Waals surface area contributed by atoms with Gasteiger partial charge in [0.25, 0.3) is 0 Å². The summed E-state index contributed by atoms with van der Waals surface area (Å²) < 4.78 is 17.1. The molecule has 0 atom stereocenters. The van der Waals surface area contributed by atoms with Gasteiger partial charge in [0.2, 0.25) is 5.78 Å². The van der Waals surface area contributed by atoms with E-state index in [1.807, 2.05) is 6.92 Å². The molecule has 1 heterocycles. The fourth-order valence-electron chi connectivity index (χ4n) is 1.48. The maximum Gasteiger partial charge on any atom is 0.206 e. The van der Waals surface area contributed by atoms with Crippen molar-refractivity contribution in [3.05, 3.63) is 45.7 Å². The van der Waals surface area contributed by atoms with Gasteiger partial charge in [0, 0.05) is 5.56 Å². The molecule has 0 N–H and O–H groups in total. The molecule has 3 nitrogen and oxygen atoms in total. The summed E-state index contributed by atoms with van der Waals surface area (Å²) in [6.45, 7) is 3.57. The lowest BCUT2D eigenvalue weighted by Crippen LogP contribution is -2.03. The molecule has 0 unspecified atom stereocenters. The van der Waals surface area contributed by atoms with Crippen molar-refractivity contribution in [1.29, 1.82) is 0 Å². The molecule has 0 bridgehead atoms. The van der Waals surface area contributed by atoms with Gasteiger partial charge in [0.15, 0.2) is 0 Å². The Kier molecular flexibility index (Phi) is 3.28. The normalized spacial score (nSPS) is 10.5. The van der Waals surface area contributed by atoms with Crippen LogP contribution in [0.1, 0.15) is 33.4 Å². The van der Waals surface area contributed by atoms with E-state index < -0.39 is 0 Å². The number of halogens is 1. The Morgan fingerprint density at radius 3 is 2.88 bits per heavy atom. The Morgan fingerprint density at radius 1 is 1.47 bits per heavy atom. The van der Waals surface area contributed by atoms with Crippen molar-refractivity contribution in [3.63, 3.8) is 0 Å². The molecular weight excluding hydrogens is 239 g/mol. The minimum absolute atomic E-state index is 0.212. The lowest BCUT2D eigenvalue weighted by atomic mass is 10.1. The summed E-state index contributed by atoms with van der Waals surface area (Å²) in [7, 11) is 0. The zero-order chi connectivity index (χ0) is 12.4. The second kappa shape index (κ2) is 4.71. The van der Waals surface area contributed by atoms with Gasteiger partial charge in [-0.25, -0.2) is 4.39 Å². The first-order chi connectivity index (χ1) is 8.13. The SMILES string of the molecule is CCc1nnsc1C(=O)c1ccc(C)c(F)c1. The summed E-state index contributed by atoms with van der Waals surface area (Å²) in [4.78, 5) is 12.6. The Hall–Kier alpha value is -1.62. The largest absolute Gasteiger partial charge is 0.288 e. The number of carbonyl (C=O) groups is 1. The molecule has 0 spiro atoms. The van der Waals surface area contributed by atoms with Gasteiger partial charge in [-0.1, -0.05) is 23.5 Å². The van der Waals surface area contributed by atoms with Crippen molar-refractivity contribution in [2.75, 3.05) is 0 Å². The maximum atomic E-state index is 13.4. The van der Waals surface area contributed by atoms with Crippen LogP contribution in [-0.2, 0) is 6.42 Å². The van der Waals surface area contributed by atoms with Crippen molar-refractivity contribution in [3.8, 4) is 0 Å². The maximum absolute atomic E-state index is 13.4. The average molecular weight is 250 g/mol. The molecule has 0 aliphatic carbocycles. The minimum atomic E-state index is -0.369. The molecule has 2 rings (SSSR count). The Balaban J connectivity index is 2.40. The van der Waals surface area contributed by atoms with E-state index in [9.17, 15) is 9.18 Å². The molecule has 5 heteroatoms. The first kappa shape index (κ1) is 11.9. The first-order valence-electron chi connectivity index (χ1n) is 5.25. The van der Waals surface area contributed by atoms with E-state index in [0.717, 1.165) is 11.5 Å². The second-order valence-corrected chi connectivity index (χ2v) is 4.45. The quantitative estimate of drug-likeness (QED) is 0.787. The third-order valence-corrected chi connectivity index (χ3v) is 3.30. The summed E-state index contributed by atoms with van der Waals surface area (Å²) in [5, 5.41) is 3.88. The lowest BCUT2D eigenvalue weighted by Gasteiger charge is -2.01. The standard InChI is InChI=1S/C12H11FN2OS/c1-3-10-12(17-15-14-10)11(16)8-5-4-7(2)9(13)6-8/h4-6H,3H2,1-2H3. The predicted octanol–water partition coefficient (Wildman–Crippen LogP) is 2.78. The van der Waals surface area contributed by atoms with Gasteiger partial charge in [-0.2, -0.15) is 0 Å². The fourth-order valence-corrected chi connectivity index (χ4v) is 2.19. The molecule has 0 amide bonds. The van der Waals surface area contributed by atoms with Crippen molar-refractivity contribution < 1.29 is 9.18 Å². The van der Waals surface area contributed by atoms with Gasteiger partial charge in [-0.3, -0.25) is 4.79 Å². The summed E-state index contributed by atoms with van der Waals surface area (Å²) in [5.41, 5.74) is 1.54. The van der Waals surface area contributed by atoms with Gasteiger partial charge < -0.3 is 0 Å². The molecule has 0 aliphatic heterocycles. The molecule has 88 valence electrons. The molecule has 0 fully saturated rings. The van der Waals surface area contributed by atoms with E-state index in [4.69, 9.17) is 0 Å². The van der Waals surface area contributed by atoms with Crippen LogP contribution in [-0.4, -0.2) is 15.4 Å². The van der Waals surface area contributed by atoms with Crippen LogP contribution >= 0.6 is 11.5 Å². The predicted molar refractivity (Wildman–Crippen MR) is 63.9 cm³/mol. The minimum Gasteiger partial charge on any atom is -0.288 e. The van der Waals surface area contributed by atoms with Crippen molar-refractivity contribution in [2.24, 2.45) is 0 Å². The molecule has 2 aromatic rings. The molecule has 0 saturated heterocycles. The van der Waals surface area contributed by atoms with E-state index in [0.29, 0.717) is 28.1 Å². The first-order valence-corrected chi connectivity index (χ1v) is 6.03. The summed E-state index contributed by atoms with van der Waals surface area (Å²) >= 11 is 1.05. The molecular formula is C12H11FN2OS. The van der Waals surface area contributed by atoms with Crippen LogP contribution in [0, 0.1) is 12.7 Å². The number of aromatic nitrogens is 2. The lowest BCUT2D eigenvalue weighted by molar-refractivity contribution is 0.104. The van der Waals surface area contributed by atoms with E-state index in [2.05, 4.69) is 9.59 Å². The van der Waals surface area contributed by atoms with Crippen LogP contribution in [0.3, 0.4) is 0 Å². The topological polar surface area (TPSA) is 42.9 Å². The van der Waals surface area contributed by atoms with Gasteiger partial charge in [0.05, 0.1) is 5.69 Å². The molecule has 0 saturated carbocycles. The number of benzene rings is 1. The van der Waals surface area contributed by atoms with Crippen LogP contribution < -0.4 is 0 Å². The van der Waals surface area contributed by atoms with Gasteiger partial charge in [0.1, 0.15) is 10.7 Å². The molecule has 17 heavy (non-hydrogen) atoms. The van der Waals surface area contributed by atoms with E-state index in [1.54, 1.807) is 19.1 Å². The monoisotopic (exact) mass is 250 g/mol. The second-order valence-electron chi connectivity index (χ2n) is 3.70. The van der Waals surface area contributed by atoms with Crippen molar-refractivity contribution in [2.45, 2.75) is 20.3 Å². The van der Waals surface area contributed by atoms with Crippen LogP contribution in [0.15, 0.2) is 18.2 Å².